The molecular formula is C16H17NO3S. The summed E-state index contributed by atoms with van der Waals surface area (Å²) < 4.78 is 0. The van der Waals surface area contributed by atoms with E-state index in [1.807, 2.05) is 18.4 Å². The Bertz CT molecular complexity index is 622. The van der Waals surface area contributed by atoms with Crippen molar-refractivity contribution in [1.29, 1.82) is 0 Å². The van der Waals surface area contributed by atoms with Crippen LogP contribution in [-0.2, 0) is 17.6 Å². The van der Waals surface area contributed by atoms with Crippen molar-refractivity contribution in [3.63, 3.8) is 0 Å². The van der Waals surface area contributed by atoms with Crippen LogP contribution in [0.3, 0.4) is 0 Å². The second-order valence-electron chi connectivity index (χ2n) is 4.98. The fraction of sp³-hybridized carbons (Fsp3) is 0.250. The van der Waals surface area contributed by atoms with Crippen molar-refractivity contribution in [1.82, 2.24) is 5.32 Å². The summed E-state index contributed by atoms with van der Waals surface area (Å²) >= 11 is 1.64. The molecule has 0 aliphatic heterocycles. The first-order valence-electron chi connectivity index (χ1n) is 6.67. The molecule has 1 atom stereocenters. The molecule has 0 bridgehead atoms. The highest BCUT2D eigenvalue weighted by Gasteiger charge is 2.11. The Morgan fingerprint density at radius 3 is 2.76 bits per heavy atom. The van der Waals surface area contributed by atoms with E-state index in [0.717, 1.165) is 6.42 Å². The fourth-order valence-corrected chi connectivity index (χ4v) is 2.80. The Morgan fingerprint density at radius 2 is 2.10 bits per heavy atom. The first-order chi connectivity index (χ1) is 10.0. The van der Waals surface area contributed by atoms with Gasteiger partial charge in [-0.25, -0.2) is 0 Å². The van der Waals surface area contributed by atoms with E-state index in [9.17, 15) is 9.59 Å². The Hall–Kier alpha value is -2.14. The van der Waals surface area contributed by atoms with E-state index in [1.54, 1.807) is 35.6 Å². The molecule has 2 aromatic rings. The summed E-state index contributed by atoms with van der Waals surface area (Å²) in [6.45, 7) is 1.96. The molecule has 5 heteroatoms. The maximum absolute atomic E-state index is 12.2. The van der Waals surface area contributed by atoms with Gasteiger partial charge in [0, 0.05) is 11.6 Å². The molecule has 0 saturated carbocycles. The number of carboxylic acid groups (broad SMARTS) is 1. The lowest BCUT2D eigenvalue weighted by molar-refractivity contribution is -0.136. The third-order valence-electron chi connectivity index (χ3n) is 3.04. The zero-order valence-corrected chi connectivity index (χ0v) is 12.5. The van der Waals surface area contributed by atoms with Crippen LogP contribution in [0.1, 0.15) is 28.4 Å². The molecule has 1 aromatic heterocycles. The minimum atomic E-state index is -0.904. The summed E-state index contributed by atoms with van der Waals surface area (Å²) in [7, 11) is 0. The van der Waals surface area contributed by atoms with Gasteiger partial charge in [-0.15, -0.1) is 0 Å². The molecule has 4 nitrogen and oxygen atoms in total. The number of nitrogens with one attached hydrogen (secondary N) is 1. The normalized spacial score (nSPS) is 11.9. The summed E-state index contributed by atoms with van der Waals surface area (Å²) in [5.74, 6) is -1.08. The molecular weight excluding hydrogens is 286 g/mol. The van der Waals surface area contributed by atoms with Crippen LogP contribution >= 0.6 is 11.3 Å². The summed E-state index contributed by atoms with van der Waals surface area (Å²) in [5.41, 5.74) is 2.32. The molecule has 0 fully saturated rings. The minimum absolute atomic E-state index is 0.0234. The highest BCUT2D eigenvalue weighted by atomic mass is 32.1. The van der Waals surface area contributed by atoms with E-state index in [0.29, 0.717) is 11.1 Å². The summed E-state index contributed by atoms with van der Waals surface area (Å²) in [6, 6.07) is 8.80. The van der Waals surface area contributed by atoms with E-state index in [2.05, 4.69) is 10.7 Å². The molecule has 1 unspecified atom stereocenters. The monoisotopic (exact) mass is 303 g/mol. The highest BCUT2D eigenvalue weighted by molar-refractivity contribution is 7.07. The molecule has 2 N–H and O–H groups in total. The van der Waals surface area contributed by atoms with E-state index >= 15 is 0 Å². The topological polar surface area (TPSA) is 66.4 Å². The lowest BCUT2D eigenvalue weighted by Gasteiger charge is -2.13. The van der Waals surface area contributed by atoms with E-state index in [1.165, 1.54) is 5.56 Å². The minimum Gasteiger partial charge on any atom is -0.481 e. The lowest BCUT2D eigenvalue weighted by atomic mass is 10.1. The fourth-order valence-electron chi connectivity index (χ4n) is 2.12. The second kappa shape index (κ2) is 7.04. The molecule has 1 amide bonds. The molecule has 110 valence electrons. The maximum atomic E-state index is 12.2. The molecule has 1 aromatic carbocycles. The van der Waals surface area contributed by atoms with Gasteiger partial charge in [-0.1, -0.05) is 12.1 Å². The van der Waals surface area contributed by atoms with Crippen LogP contribution < -0.4 is 5.32 Å². The number of aliphatic carboxylic acids is 1. The third kappa shape index (κ3) is 4.72. The van der Waals surface area contributed by atoms with Crippen molar-refractivity contribution in [2.24, 2.45) is 0 Å². The third-order valence-corrected chi connectivity index (χ3v) is 3.78. The van der Waals surface area contributed by atoms with Gasteiger partial charge in [-0.05, 0) is 53.4 Å². The van der Waals surface area contributed by atoms with Crippen LogP contribution in [-0.4, -0.2) is 23.0 Å². The zero-order chi connectivity index (χ0) is 15.2. The number of carboxylic acids is 1. The van der Waals surface area contributed by atoms with Crippen molar-refractivity contribution in [2.45, 2.75) is 25.8 Å². The van der Waals surface area contributed by atoms with Crippen molar-refractivity contribution in [3.8, 4) is 0 Å². The van der Waals surface area contributed by atoms with Crippen LogP contribution in [0.15, 0.2) is 41.1 Å². The van der Waals surface area contributed by atoms with Gasteiger partial charge in [0.15, 0.2) is 0 Å². The van der Waals surface area contributed by atoms with Crippen molar-refractivity contribution in [2.75, 3.05) is 0 Å². The predicted molar refractivity (Wildman–Crippen MR) is 82.7 cm³/mol. The average molecular weight is 303 g/mol. The van der Waals surface area contributed by atoms with E-state index < -0.39 is 5.97 Å². The molecule has 0 saturated heterocycles. The SMILES string of the molecule is CC(Cc1ccsc1)NC(=O)c1cccc(CC(=O)O)c1. The van der Waals surface area contributed by atoms with Gasteiger partial charge in [0.25, 0.3) is 5.91 Å². The van der Waals surface area contributed by atoms with Crippen LogP contribution in [0.5, 0.6) is 0 Å². The first kappa shape index (κ1) is 15.3. The predicted octanol–water partition coefficient (Wildman–Crippen LogP) is 2.74. The zero-order valence-electron chi connectivity index (χ0n) is 11.7. The lowest BCUT2D eigenvalue weighted by Crippen LogP contribution is -2.34. The van der Waals surface area contributed by atoms with Crippen LogP contribution in [0, 0.1) is 0 Å². The van der Waals surface area contributed by atoms with Crippen LogP contribution in [0.4, 0.5) is 0 Å². The standard InChI is InChI=1S/C16H17NO3S/c1-11(7-13-5-6-21-10-13)17-16(20)14-4-2-3-12(8-14)9-15(18)19/h2-6,8,10-11H,7,9H2,1H3,(H,17,20)(H,18,19). The number of benzene rings is 1. The van der Waals surface area contributed by atoms with Crippen LogP contribution in [0.25, 0.3) is 0 Å². The molecule has 0 aliphatic rings. The van der Waals surface area contributed by atoms with Gasteiger partial charge < -0.3 is 10.4 Å². The molecule has 0 spiro atoms. The van der Waals surface area contributed by atoms with Crippen molar-refractivity contribution in [3.05, 3.63) is 57.8 Å². The van der Waals surface area contributed by atoms with Gasteiger partial charge in [-0.2, -0.15) is 11.3 Å². The average Bonchev–Trinajstić information content (AvgIpc) is 2.90. The molecule has 2 rings (SSSR count). The Morgan fingerprint density at radius 1 is 1.29 bits per heavy atom. The number of carbonyl (C=O) groups excluding carboxylic acids is 1. The molecule has 0 radical (unpaired) electrons. The number of carbonyl (C=O) groups is 2. The largest absolute Gasteiger partial charge is 0.481 e. The van der Waals surface area contributed by atoms with Crippen LogP contribution in [0.2, 0.25) is 0 Å². The maximum Gasteiger partial charge on any atom is 0.307 e. The highest BCUT2D eigenvalue weighted by Crippen LogP contribution is 2.10. The van der Waals surface area contributed by atoms with Gasteiger partial charge in [0.1, 0.15) is 0 Å². The van der Waals surface area contributed by atoms with Gasteiger partial charge in [0.2, 0.25) is 0 Å². The number of hydrogen-bond donors (Lipinski definition) is 2. The van der Waals surface area contributed by atoms with E-state index in [-0.39, 0.29) is 18.4 Å². The van der Waals surface area contributed by atoms with E-state index in [4.69, 9.17) is 5.11 Å². The Labute approximate surface area is 127 Å². The smallest absolute Gasteiger partial charge is 0.307 e. The Balaban J connectivity index is 1.97. The number of hydrogen-bond acceptors (Lipinski definition) is 3. The Kier molecular flexibility index (Phi) is 5.11. The second-order valence-corrected chi connectivity index (χ2v) is 5.76. The quantitative estimate of drug-likeness (QED) is 0.862. The van der Waals surface area contributed by atoms with Gasteiger partial charge >= 0.3 is 5.97 Å². The number of rotatable bonds is 6. The summed E-state index contributed by atoms with van der Waals surface area (Å²) in [4.78, 5) is 22.9. The molecule has 1 heterocycles. The summed E-state index contributed by atoms with van der Waals surface area (Å²) in [5, 5.41) is 15.8. The van der Waals surface area contributed by atoms with Crippen molar-refractivity contribution >= 4 is 23.2 Å². The molecule has 21 heavy (non-hydrogen) atoms. The number of thiophene rings is 1. The molecule has 0 aliphatic carbocycles. The van der Waals surface area contributed by atoms with Crippen molar-refractivity contribution < 1.29 is 14.7 Å². The number of amides is 1. The first-order valence-corrected chi connectivity index (χ1v) is 7.61. The van der Waals surface area contributed by atoms with Gasteiger partial charge in [0.05, 0.1) is 6.42 Å². The van der Waals surface area contributed by atoms with Gasteiger partial charge in [-0.3, -0.25) is 9.59 Å². The summed E-state index contributed by atoms with van der Waals surface area (Å²) in [6.07, 6.45) is 0.704.